The predicted octanol–water partition coefficient (Wildman–Crippen LogP) is 3.18. The Balaban J connectivity index is 2.33. The number of thiazole rings is 1. The molecule has 0 saturated carbocycles. The molecular formula is C14H17FN2OS. The highest BCUT2D eigenvalue weighted by molar-refractivity contribution is 7.09. The number of aromatic nitrogens is 1. The van der Waals surface area contributed by atoms with E-state index in [0.717, 1.165) is 11.4 Å². The van der Waals surface area contributed by atoms with E-state index in [4.69, 9.17) is 4.74 Å². The van der Waals surface area contributed by atoms with Crippen molar-refractivity contribution in [1.29, 1.82) is 0 Å². The quantitative estimate of drug-likeness (QED) is 0.882. The minimum absolute atomic E-state index is 0.110. The smallest absolute Gasteiger partial charge is 0.131 e. The Kier molecular flexibility index (Phi) is 4.87. The number of hydrogen-bond donors (Lipinski definition) is 1. The molecule has 1 heterocycles. The average molecular weight is 280 g/mol. The number of likely N-dealkylation sites (N-methyl/N-ethyl adjacent to an activating group) is 1. The van der Waals surface area contributed by atoms with Crippen LogP contribution >= 0.6 is 11.3 Å². The van der Waals surface area contributed by atoms with Crippen LogP contribution in [-0.4, -0.2) is 18.6 Å². The van der Waals surface area contributed by atoms with Gasteiger partial charge in [-0.3, -0.25) is 4.98 Å². The van der Waals surface area contributed by atoms with Crippen molar-refractivity contribution in [3.8, 4) is 5.75 Å². The zero-order valence-electron chi connectivity index (χ0n) is 11.0. The summed E-state index contributed by atoms with van der Waals surface area (Å²) in [6.07, 6.45) is 2.53. The molecule has 0 bridgehead atoms. The van der Waals surface area contributed by atoms with Gasteiger partial charge < -0.3 is 10.1 Å². The molecule has 0 radical (unpaired) electrons. The Bertz CT molecular complexity index is 516. The van der Waals surface area contributed by atoms with Gasteiger partial charge in [-0.2, -0.15) is 0 Å². The number of hydrogen-bond acceptors (Lipinski definition) is 4. The van der Waals surface area contributed by atoms with Crippen molar-refractivity contribution in [2.75, 3.05) is 13.7 Å². The Hall–Kier alpha value is -1.46. The van der Waals surface area contributed by atoms with Crippen LogP contribution in [0.2, 0.25) is 0 Å². The van der Waals surface area contributed by atoms with Crippen molar-refractivity contribution < 1.29 is 9.13 Å². The van der Waals surface area contributed by atoms with Crippen LogP contribution in [0.15, 0.2) is 29.9 Å². The molecule has 2 aromatic rings. The SMILES string of the molecule is CCNC(Cc1cncs1)c1c(F)cccc1OC. The first-order valence-corrected chi connectivity index (χ1v) is 7.07. The fraction of sp³-hybridized carbons (Fsp3) is 0.357. The molecule has 0 fully saturated rings. The largest absolute Gasteiger partial charge is 0.496 e. The maximum absolute atomic E-state index is 14.1. The van der Waals surface area contributed by atoms with E-state index in [1.165, 1.54) is 6.07 Å². The van der Waals surface area contributed by atoms with Crippen LogP contribution in [0.1, 0.15) is 23.4 Å². The van der Waals surface area contributed by atoms with E-state index in [2.05, 4.69) is 10.3 Å². The monoisotopic (exact) mass is 280 g/mol. The second kappa shape index (κ2) is 6.63. The molecule has 0 aliphatic rings. The molecule has 1 atom stereocenters. The first kappa shape index (κ1) is 14.0. The van der Waals surface area contributed by atoms with Gasteiger partial charge in [-0.25, -0.2) is 4.39 Å². The van der Waals surface area contributed by atoms with Gasteiger partial charge in [-0.1, -0.05) is 13.0 Å². The van der Waals surface area contributed by atoms with Gasteiger partial charge in [0.15, 0.2) is 0 Å². The third kappa shape index (κ3) is 3.30. The van der Waals surface area contributed by atoms with Crippen LogP contribution in [0, 0.1) is 5.82 Å². The molecule has 0 aliphatic heterocycles. The molecule has 0 spiro atoms. The Morgan fingerprint density at radius 3 is 2.95 bits per heavy atom. The fourth-order valence-corrected chi connectivity index (χ4v) is 2.74. The fourth-order valence-electron chi connectivity index (χ4n) is 2.10. The number of nitrogens with zero attached hydrogens (tertiary/aromatic N) is 1. The van der Waals surface area contributed by atoms with Crippen LogP contribution in [0.4, 0.5) is 4.39 Å². The second-order valence-corrected chi connectivity index (χ2v) is 5.11. The molecule has 1 aromatic heterocycles. The van der Waals surface area contributed by atoms with Crippen molar-refractivity contribution in [2.45, 2.75) is 19.4 Å². The van der Waals surface area contributed by atoms with Crippen LogP contribution in [0.25, 0.3) is 0 Å². The maximum atomic E-state index is 14.1. The van der Waals surface area contributed by atoms with Crippen molar-refractivity contribution in [3.05, 3.63) is 46.2 Å². The van der Waals surface area contributed by atoms with Gasteiger partial charge in [-0.05, 0) is 18.7 Å². The van der Waals surface area contributed by atoms with Gasteiger partial charge in [0.05, 0.1) is 12.6 Å². The lowest BCUT2D eigenvalue weighted by atomic mass is 10.0. The summed E-state index contributed by atoms with van der Waals surface area (Å²) < 4.78 is 19.4. The van der Waals surface area contributed by atoms with E-state index in [0.29, 0.717) is 17.7 Å². The summed E-state index contributed by atoms with van der Waals surface area (Å²) in [4.78, 5) is 5.18. The molecule has 19 heavy (non-hydrogen) atoms. The van der Waals surface area contributed by atoms with Crippen LogP contribution in [0.3, 0.4) is 0 Å². The van der Waals surface area contributed by atoms with Crippen molar-refractivity contribution in [1.82, 2.24) is 10.3 Å². The van der Waals surface area contributed by atoms with E-state index < -0.39 is 0 Å². The third-order valence-electron chi connectivity index (χ3n) is 2.92. The van der Waals surface area contributed by atoms with E-state index >= 15 is 0 Å². The molecule has 1 N–H and O–H groups in total. The lowest BCUT2D eigenvalue weighted by Gasteiger charge is -2.20. The normalized spacial score (nSPS) is 12.4. The van der Waals surface area contributed by atoms with Crippen molar-refractivity contribution in [3.63, 3.8) is 0 Å². The summed E-state index contributed by atoms with van der Waals surface area (Å²) in [5.74, 6) is 0.338. The number of halogens is 1. The lowest BCUT2D eigenvalue weighted by Crippen LogP contribution is -2.24. The van der Waals surface area contributed by atoms with E-state index in [1.54, 1.807) is 36.1 Å². The minimum Gasteiger partial charge on any atom is -0.496 e. The molecule has 2 rings (SSSR count). The summed E-state index contributed by atoms with van der Waals surface area (Å²) in [7, 11) is 1.56. The van der Waals surface area contributed by atoms with Gasteiger partial charge in [0, 0.05) is 29.1 Å². The van der Waals surface area contributed by atoms with Crippen LogP contribution in [-0.2, 0) is 6.42 Å². The number of rotatable bonds is 6. The van der Waals surface area contributed by atoms with Crippen LogP contribution < -0.4 is 10.1 Å². The highest BCUT2D eigenvalue weighted by atomic mass is 32.1. The molecule has 1 aromatic carbocycles. The van der Waals surface area contributed by atoms with E-state index in [1.807, 2.05) is 13.1 Å². The van der Waals surface area contributed by atoms with Gasteiger partial charge in [-0.15, -0.1) is 11.3 Å². The van der Waals surface area contributed by atoms with Crippen molar-refractivity contribution >= 4 is 11.3 Å². The van der Waals surface area contributed by atoms with Gasteiger partial charge in [0.25, 0.3) is 0 Å². The lowest BCUT2D eigenvalue weighted by molar-refractivity contribution is 0.390. The molecule has 3 nitrogen and oxygen atoms in total. The standard InChI is InChI=1S/C14H17FN2OS/c1-3-17-12(7-10-8-16-9-19-10)14-11(15)5-4-6-13(14)18-2/h4-6,8-9,12,17H,3,7H2,1-2H3. The van der Waals surface area contributed by atoms with Gasteiger partial charge >= 0.3 is 0 Å². The number of methoxy groups -OCH3 is 1. The summed E-state index contributed by atoms with van der Waals surface area (Å²) in [6, 6.07) is 4.80. The second-order valence-electron chi connectivity index (χ2n) is 4.14. The van der Waals surface area contributed by atoms with E-state index in [9.17, 15) is 4.39 Å². The Morgan fingerprint density at radius 2 is 2.32 bits per heavy atom. The summed E-state index contributed by atoms with van der Waals surface area (Å²) in [5.41, 5.74) is 2.37. The van der Waals surface area contributed by atoms with Crippen LogP contribution in [0.5, 0.6) is 5.75 Å². The number of benzene rings is 1. The Morgan fingerprint density at radius 1 is 1.47 bits per heavy atom. The topological polar surface area (TPSA) is 34.2 Å². The molecule has 0 saturated heterocycles. The summed E-state index contributed by atoms with van der Waals surface area (Å²) in [5, 5.41) is 3.31. The van der Waals surface area contributed by atoms with Gasteiger partial charge in [0.1, 0.15) is 11.6 Å². The zero-order chi connectivity index (χ0) is 13.7. The molecule has 0 aliphatic carbocycles. The Labute approximate surface area is 116 Å². The zero-order valence-corrected chi connectivity index (χ0v) is 11.8. The van der Waals surface area contributed by atoms with Gasteiger partial charge in [0.2, 0.25) is 0 Å². The predicted molar refractivity (Wildman–Crippen MR) is 75.2 cm³/mol. The molecule has 5 heteroatoms. The first-order chi connectivity index (χ1) is 9.26. The summed E-state index contributed by atoms with van der Waals surface area (Å²) in [6.45, 7) is 2.77. The highest BCUT2D eigenvalue weighted by Gasteiger charge is 2.20. The molecule has 1 unspecified atom stereocenters. The first-order valence-electron chi connectivity index (χ1n) is 6.19. The maximum Gasteiger partial charge on any atom is 0.131 e. The number of nitrogens with one attached hydrogen (secondary N) is 1. The molecule has 0 amide bonds. The third-order valence-corrected chi connectivity index (χ3v) is 3.72. The highest BCUT2D eigenvalue weighted by Crippen LogP contribution is 2.30. The average Bonchev–Trinajstić information content (AvgIpc) is 2.91. The number of ether oxygens (including phenoxy) is 1. The summed E-state index contributed by atoms with van der Waals surface area (Å²) >= 11 is 1.58. The minimum atomic E-state index is -0.241. The van der Waals surface area contributed by atoms with Crippen molar-refractivity contribution in [2.24, 2.45) is 0 Å². The van der Waals surface area contributed by atoms with E-state index in [-0.39, 0.29) is 11.9 Å². The molecule has 102 valence electrons. The molecular weight excluding hydrogens is 263 g/mol.